The number of hydrogen-bond donors (Lipinski definition) is 0. The molecule has 0 bridgehead atoms. The maximum Gasteiger partial charge on any atom is 0.151 e. The van der Waals surface area contributed by atoms with Crippen LogP contribution in [0.4, 0.5) is 0 Å². The van der Waals surface area contributed by atoms with Gasteiger partial charge in [-0.05, 0) is 24.8 Å². The molecule has 0 spiro atoms. The van der Waals surface area contributed by atoms with Gasteiger partial charge in [-0.3, -0.25) is 9.78 Å². The Hall–Kier alpha value is -1.38. The zero-order chi connectivity index (χ0) is 11.1. The maximum absolute atomic E-state index is 10.5. The molecule has 3 nitrogen and oxygen atoms in total. The van der Waals surface area contributed by atoms with Crippen LogP contribution in [0.15, 0.2) is 18.5 Å². The Kier molecular flexibility index (Phi) is 4.81. The van der Waals surface area contributed by atoms with Gasteiger partial charge in [-0.1, -0.05) is 13.8 Å². The number of rotatable bonds is 6. The molecule has 0 amide bonds. The highest BCUT2D eigenvalue weighted by molar-refractivity contribution is 5.74. The Bertz CT molecular complexity index is 310. The first-order chi connectivity index (χ1) is 7.22. The molecule has 0 radical (unpaired) electrons. The number of ether oxygens (including phenoxy) is 1. The van der Waals surface area contributed by atoms with Crippen molar-refractivity contribution in [3.8, 4) is 5.75 Å². The first kappa shape index (κ1) is 11.7. The van der Waals surface area contributed by atoms with E-state index in [9.17, 15) is 4.79 Å². The van der Waals surface area contributed by atoms with Crippen LogP contribution in [0.5, 0.6) is 5.75 Å². The monoisotopic (exact) mass is 207 g/mol. The molecule has 0 saturated carbocycles. The number of carbonyl (C=O) groups excluding carboxylic acids is 1. The lowest BCUT2D eigenvalue weighted by Gasteiger charge is -2.07. The zero-order valence-electron chi connectivity index (χ0n) is 9.27. The van der Waals surface area contributed by atoms with Crippen molar-refractivity contribution in [1.82, 2.24) is 4.98 Å². The number of nitrogens with zero attached hydrogens (tertiary/aromatic N) is 1. The van der Waals surface area contributed by atoms with Crippen molar-refractivity contribution in [3.63, 3.8) is 0 Å². The van der Waals surface area contributed by atoms with Crippen LogP contribution in [0.3, 0.4) is 0 Å². The Balaban J connectivity index is 2.34. The molecule has 1 aromatic heterocycles. The molecular formula is C12H17NO2. The minimum atomic E-state index is 0.552. The van der Waals surface area contributed by atoms with Crippen LogP contribution < -0.4 is 4.74 Å². The second-order valence-electron chi connectivity index (χ2n) is 3.96. The molecule has 0 N–H and O–H groups in total. The second kappa shape index (κ2) is 6.17. The summed E-state index contributed by atoms with van der Waals surface area (Å²) in [6, 6.07) is 1.70. The van der Waals surface area contributed by atoms with Crippen LogP contribution in [0, 0.1) is 5.92 Å². The molecule has 0 atom stereocenters. The molecule has 0 aromatic carbocycles. The molecule has 0 unspecified atom stereocenters. The number of carbonyl (C=O) groups is 1. The summed E-state index contributed by atoms with van der Waals surface area (Å²) in [4.78, 5) is 14.4. The summed E-state index contributed by atoms with van der Waals surface area (Å²) >= 11 is 0. The van der Waals surface area contributed by atoms with E-state index in [0.717, 1.165) is 19.1 Å². The Morgan fingerprint density at radius 2 is 2.27 bits per heavy atom. The topological polar surface area (TPSA) is 39.2 Å². The normalized spacial score (nSPS) is 10.3. The van der Waals surface area contributed by atoms with Gasteiger partial charge >= 0.3 is 0 Å². The third-order valence-electron chi connectivity index (χ3n) is 2.06. The Morgan fingerprint density at radius 1 is 1.47 bits per heavy atom. The van der Waals surface area contributed by atoms with E-state index in [2.05, 4.69) is 18.8 Å². The van der Waals surface area contributed by atoms with E-state index < -0.39 is 0 Å². The quantitative estimate of drug-likeness (QED) is 0.532. The van der Waals surface area contributed by atoms with Crippen LogP contribution in [0.1, 0.15) is 37.0 Å². The van der Waals surface area contributed by atoms with Crippen molar-refractivity contribution < 1.29 is 9.53 Å². The van der Waals surface area contributed by atoms with E-state index in [-0.39, 0.29) is 0 Å². The predicted molar refractivity (Wildman–Crippen MR) is 59.2 cm³/mol. The van der Waals surface area contributed by atoms with Gasteiger partial charge in [0.25, 0.3) is 0 Å². The lowest BCUT2D eigenvalue weighted by atomic mass is 10.1. The fourth-order valence-corrected chi connectivity index (χ4v) is 1.26. The smallest absolute Gasteiger partial charge is 0.151 e. The van der Waals surface area contributed by atoms with Crippen LogP contribution in [0.25, 0.3) is 0 Å². The number of pyridine rings is 1. The fraction of sp³-hybridized carbons (Fsp3) is 0.500. The minimum Gasteiger partial charge on any atom is -0.492 e. The summed E-state index contributed by atoms with van der Waals surface area (Å²) in [5.74, 6) is 1.37. The third kappa shape index (κ3) is 4.58. The van der Waals surface area contributed by atoms with Gasteiger partial charge in [-0.15, -0.1) is 0 Å². The first-order valence-corrected chi connectivity index (χ1v) is 5.25. The highest BCUT2D eigenvalue weighted by Gasteiger charge is 1.98. The van der Waals surface area contributed by atoms with Crippen molar-refractivity contribution in [2.45, 2.75) is 26.7 Å². The SMILES string of the molecule is CC(C)CCCOc1cncc(C=O)c1. The third-order valence-corrected chi connectivity index (χ3v) is 2.06. The molecule has 82 valence electrons. The van der Waals surface area contributed by atoms with Gasteiger partial charge in [-0.25, -0.2) is 0 Å². The molecule has 0 saturated heterocycles. The molecule has 0 aliphatic rings. The first-order valence-electron chi connectivity index (χ1n) is 5.25. The van der Waals surface area contributed by atoms with Gasteiger partial charge in [0.2, 0.25) is 0 Å². The average Bonchev–Trinajstić information content (AvgIpc) is 2.24. The van der Waals surface area contributed by atoms with Gasteiger partial charge in [0, 0.05) is 11.8 Å². The fourth-order valence-electron chi connectivity index (χ4n) is 1.26. The highest BCUT2D eigenvalue weighted by atomic mass is 16.5. The molecule has 1 aromatic rings. The summed E-state index contributed by atoms with van der Waals surface area (Å²) in [7, 11) is 0. The van der Waals surface area contributed by atoms with Crippen LogP contribution in [0.2, 0.25) is 0 Å². The molecule has 1 heterocycles. The highest BCUT2D eigenvalue weighted by Crippen LogP contribution is 2.11. The van der Waals surface area contributed by atoms with Crippen LogP contribution in [-0.4, -0.2) is 17.9 Å². The summed E-state index contributed by atoms with van der Waals surface area (Å²) < 4.78 is 5.48. The van der Waals surface area contributed by atoms with Crippen LogP contribution in [-0.2, 0) is 0 Å². The number of aromatic nitrogens is 1. The van der Waals surface area contributed by atoms with Crippen molar-refractivity contribution in [3.05, 3.63) is 24.0 Å². The summed E-state index contributed by atoms with van der Waals surface area (Å²) in [5, 5.41) is 0. The summed E-state index contributed by atoms with van der Waals surface area (Å²) in [5.41, 5.74) is 0.552. The Labute approximate surface area is 90.5 Å². The van der Waals surface area contributed by atoms with E-state index in [4.69, 9.17) is 4.74 Å². The van der Waals surface area contributed by atoms with E-state index in [1.54, 1.807) is 12.3 Å². The summed E-state index contributed by atoms with van der Waals surface area (Å²) in [6.45, 7) is 5.06. The van der Waals surface area contributed by atoms with Crippen molar-refractivity contribution >= 4 is 6.29 Å². The van der Waals surface area contributed by atoms with Gasteiger partial charge in [0.15, 0.2) is 6.29 Å². The van der Waals surface area contributed by atoms with Gasteiger partial charge in [0.1, 0.15) is 5.75 Å². The van der Waals surface area contributed by atoms with E-state index >= 15 is 0 Å². The molecule has 0 aliphatic heterocycles. The predicted octanol–water partition coefficient (Wildman–Crippen LogP) is 2.71. The molecule has 15 heavy (non-hydrogen) atoms. The second-order valence-corrected chi connectivity index (χ2v) is 3.96. The minimum absolute atomic E-state index is 0.552. The van der Waals surface area contributed by atoms with Gasteiger partial charge in [0.05, 0.1) is 12.8 Å². The lowest BCUT2D eigenvalue weighted by molar-refractivity contribution is 0.112. The molecule has 0 fully saturated rings. The largest absolute Gasteiger partial charge is 0.492 e. The molecule has 1 rings (SSSR count). The van der Waals surface area contributed by atoms with Crippen molar-refractivity contribution in [2.24, 2.45) is 5.92 Å². The molecular weight excluding hydrogens is 190 g/mol. The average molecular weight is 207 g/mol. The summed E-state index contributed by atoms with van der Waals surface area (Å²) in [6.07, 6.45) is 6.11. The van der Waals surface area contributed by atoms with Crippen molar-refractivity contribution in [1.29, 1.82) is 0 Å². The van der Waals surface area contributed by atoms with Gasteiger partial charge < -0.3 is 4.74 Å². The Morgan fingerprint density at radius 3 is 2.93 bits per heavy atom. The zero-order valence-corrected chi connectivity index (χ0v) is 9.27. The van der Waals surface area contributed by atoms with E-state index in [1.807, 2.05) is 0 Å². The van der Waals surface area contributed by atoms with Gasteiger partial charge in [-0.2, -0.15) is 0 Å². The molecule has 0 aliphatic carbocycles. The van der Waals surface area contributed by atoms with Crippen LogP contribution >= 0.6 is 0 Å². The number of aldehydes is 1. The number of hydrogen-bond acceptors (Lipinski definition) is 3. The standard InChI is InChI=1S/C12H17NO2/c1-10(2)4-3-5-15-12-6-11(9-14)7-13-8-12/h6-10H,3-5H2,1-2H3. The van der Waals surface area contributed by atoms with Crippen molar-refractivity contribution in [2.75, 3.05) is 6.61 Å². The maximum atomic E-state index is 10.5. The van der Waals surface area contributed by atoms with E-state index in [1.165, 1.54) is 6.20 Å². The molecule has 3 heteroatoms. The van der Waals surface area contributed by atoms with E-state index in [0.29, 0.717) is 23.8 Å². The lowest BCUT2D eigenvalue weighted by Crippen LogP contribution is -2.00.